The van der Waals surface area contributed by atoms with Crippen molar-refractivity contribution in [1.29, 1.82) is 0 Å². The molecule has 0 unspecified atom stereocenters. The van der Waals surface area contributed by atoms with Crippen LogP contribution in [0.1, 0.15) is 43.5 Å². The van der Waals surface area contributed by atoms with Gasteiger partial charge in [-0.05, 0) is 63.6 Å². The van der Waals surface area contributed by atoms with E-state index in [9.17, 15) is 0 Å². The summed E-state index contributed by atoms with van der Waals surface area (Å²) in [5, 5.41) is 4.50. The molecule has 0 fully saturated rings. The maximum absolute atomic E-state index is 2.39. The van der Waals surface area contributed by atoms with Gasteiger partial charge < -0.3 is 0 Å². The second kappa shape index (κ2) is 5.42. The SMILES string of the molecule is c1csc(CC23Cc4sccc4C(c4ccccc42)c2ccccc23)c1. The second-order valence-electron chi connectivity index (χ2n) is 7.42. The summed E-state index contributed by atoms with van der Waals surface area (Å²) in [6.45, 7) is 0. The Bertz CT molecular complexity index is 1050. The lowest BCUT2D eigenvalue weighted by Gasteiger charge is -2.41. The fraction of sp³-hybridized carbons (Fsp3) is 0.167. The van der Waals surface area contributed by atoms with Crippen LogP contribution in [0.3, 0.4) is 0 Å². The van der Waals surface area contributed by atoms with Gasteiger partial charge in [-0.1, -0.05) is 54.6 Å². The molecular weight excluding hydrogens is 352 g/mol. The van der Waals surface area contributed by atoms with Crippen LogP contribution < -0.4 is 0 Å². The molecule has 3 aliphatic rings. The highest BCUT2D eigenvalue weighted by Crippen LogP contribution is 2.56. The van der Waals surface area contributed by atoms with E-state index in [2.05, 4.69) is 77.5 Å². The van der Waals surface area contributed by atoms with Crippen LogP contribution in [0.25, 0.3) is 0 Å². The molecule has 4 aromatic rings. The van der Waals surface area contributed by atoms with Gasteiger partial charge in [-0.3, -0.25) is 0 Å². The normalized spacial score (nSPS) is 22.4. The van der Waals surface area contributed by atoms with Gasteiger partial charge in [0.2, 0.25) is 0 Å². The highest BCUT2D eigenvalue weighted by atomic mass is 32.1. The Morgan fingerprint density at radius 2 is 1.46 bits per heavy atom. The van der Waals surface area contributed by atoms with Gasteiger partial charge >= 0.3 is 0 Å². The fourth-order valence-electron chi connectivity index (χ4n) is 5.20. The molecule has 7 rings (SSSR count). The first-order valence-electron chi connectivity index (χ1n) is 9.14. The number of rotatable bonds is 2. The van der Waals surface area contributed by atoms with E-state index in [-0.39, 0.29) is 5.41 Å². The lowest BCUT2D eigenvalue weighted by Crippen LogP contribution is -2.36. The molecule has 0 spiro atoms. The third-order valence-electron chi connectivity index (χ3n) is 6.18. The molecule has 2 heterocycles. The summed E-state index contributed by atoms with van der Waals surface area (Å²) in [5.41, 5.74) is 7.69. The van der Waals surface area contributed by atoms with Crippen LogP contribution in [0.2, 0.25) is 0 Å². The number of hydrogen-bond donors (Lipinski definition) is 0. The van der Waals surface area contributed by atoms with E-state index in [1.807, 2.05) is 22.7 Å². The molecule has 0 saturated heterocycles. The van der Waals surface area contributed by atoms with Gasteiger partial charge in [-0.25, -0.2) is 0 Å². The summed E-state index contributed by atoms with van der Waals surface area (Å²) in [6, 6.07) is 25.3. The third-order valence-corrected chi connectivity index (χ3v) is 8.00. The largest absolute Gasteiger partial charge is 0.149 e. The molecule has 2 aromatic heterocycles. The molecular formula is C24H18S2. The lowest BCUT2D eigenvalue weighted by molar-refractivity contribution is 0.503. The van der Waals surface area contributed by atoms with Crippen molar-refractivity contribution in [3.05, 3.63) is 115 Å². The molecule has 3 aliphatic carbocycles. The number of thiophene rings is 2. The molecule has 0 amide bonds. The van der Waals surface area contributed by atoms with Gasteiger partial charge in [0.15, 0.2) is 0 Å². The van der Waals surface area contributed by atoms with Crippen molar-refractivity contribution in [2.24, 2.45) is 0 Å². The zero-order valence-corrected chi connectivity index (χ0v) is 15.9. The topological polar surface area (TPSA) is 0 Å². The minimum Gasteiger partial charge on any atom is -0.149 e. The van der Waals surface area contributed by atoms with Crippen LogP contribution >= 0.6 is 22.7 Å². The zero-order chi connectivity index (χ0) is 17.1. The molecule has 0 atom stereocenters. The van der Waals surface area contributed by atoms with Gasteiger partial charge in [0, 0.05) is 21.1 Å². The van der Waals surface area contributed by atoms with Crippen molar-refractivity contribution in [3.63, 3.8) is 0 Å². The van der Waals surface area contributed by atoms with Crippen LogP contribution in [0.4, 0.5) is 0 Å². The standard InChI is InChI=1S/C24H18S2/c1-3-9-20-17(7-1)23-18-8-2-4-10-21(18)24(20,14-16-6-5-12-25-16)15-22-19(23)11-13-26-22/h1-13,23H,14-15H2. The Kier molecular flexibility index (Phi) is 3.12. The smallest absolute Gasteiger partial charge is 0.0357 e. The van der Waals surface area contributed by atoms with Crippen molar-refractivity contribution in [1.82, 2.24) is 0 Å². The van der Waals surface area contributed by atoms with Gasteiger partial charge in [-0.15, -0.1) is 22.7 Å². The summed E-state index contributed by atoms with van der Waals surface area (Å²) in [5.74, 6) is 0.391. The summed E-state index contributed by atoms with van der Waals surface area (Å²) in [6.07, 6.45) is 2.20. The molecule has 0 saturated carbocycles. The minimum absolute atomic E-state index is 0.0463. The van der Waals surface area contributed by atoms with E-state index in [1.165, 1.54) is 21.6 Å². The van der Waals surface area contributed by atoms with Crippen LogP contribution in [0.15, 0.2) is 77.5 Å². The van der Waals surface area contributed by atoms with Crippen LogP contribution in [0, 0.1) is 0 Å². The Hall–Kier alpha value is -2.16. The highest BCUT2D eigenvalue weighted by molar-refractivity contribution is 7.10. The van der Waals surface area contributed by atoms with E-state index in [0.717, 1.165) is 12.8 Å². The lowest BCUT2D eigenvalue weighted by atomic mass is 9.62. The van der Waals surface area contributed by atoms with Crippen molar-refractivity contribution in [2.45, 2.75) is 24.2 Å². The van der Waals surface area contributed by atoms with Crippen molar-refractivity contribution >= 4 is 22.7 Å². The summed E-state index contributed by atoms with van der Waals surface area (Å²) in [4.78, 5) is 3.05. The maximum Gasteiger partial charge on any atom is 0.0357 e. The summed E-state index contributed by atoms with van der Waals surface area (Å²) >= 11 is 3.83. The molecule has 2 heteroatoms. The van der Waals surface area contributed by atoms with Gasteiger partial charge in [0.25, 0.3) is 0 Å². The molecule has 0 aliphatic heterocycles. The van der Waals surface area contributed by atoms with E-state index in [1.54, 1.807) is 16.0 Å². The van der Waals surface area contributed by atoms with Crippen molar-refractivity contribution < 1.29 is 0 Å². The Labute approximate surface area is 161 Å². The van der Waals surface area contributed by atoms with Crippen LogP contribution in [0.5, 0.6) is 0 Å². The van der Waals surface area contributed by atoms with E-state index >= 15 is 0 Å². The van der Waals surface area contributed by atoms with E-state index < -0.39 is 0 Å². The van der Waals surface area contributed by atoms with Crippen molar-refractivity contribution in [2.75, 3.05) is 0 Å². The van der Waals surface area contributed by atoms with Gasteiger partial charge in [0.1, 0.15) is 0 Å². The molecule has 2 aromatic carbocycles. The quantitative estimate of drug-likeness (QED) is 0.383. The van der Waals surface area contributed by atoms with Crippen molar-refractivity contribution in [3.8, 4) is 0 Å². The first-order chi connectivity index (χ1) is 12.9. The fourth-order valence-corrected chi connectivity index (χ4v) is 7.05. The Morgan fingerprint density at radius 1 is 0.731 bits per heavy atom. The van der Waals surface area contributed by atoms with Crippen LogP contribution in [-0.2, 0) is 18.3 Å². The third kappa shape index (κ3) is 1.89. The van der Waals surface area contributed by atoms with E-state index in [4.69, 9.17) is 0 Å². The molecule has 0 nitrogen and oxygen atoms in total. The highest BCUT2D eigenvalue weighted by Gasteiger charge is 2.48. The molecule has 2 bridgehead atoms. The minimum atomic E-state index is 0.0463. The van der Waals surface area contributed by atoms with E-state index in [0.29, 0.717) is 5.92 Å². The summed E-state index contributed by atoms with van der Waals surface area (Å²) in [7, 11) is 0. The Balaban J connectivity index is 1.73. The summed E-state index contributed by atoms with van der Waals surface area (Å²) < 4.78 is 0. The van der Waals surface area contributed by atoms with Gasteiger partial charge in [0.05, 0.1) is 0 Å². The van der Waals surface area contributed by atoms with Gasteiger partial charge in [-0.2, -0.15) is 0 Å². The molecule has 0 N–H and O–H groups in total. The predicted molar refractivity (Wildman–Crippen MR) is 111 cm³/mol. The monoisotopic (exact) mass is 370 g/mol. The average Bonchev–Trinajstić information content (AvgIpc) is 3.31. The predicted octanol–water partition coefficient (Wildman–Crippen LogP) is 6.39. The average molecular weight is 371 g/mol. The first kappa shape index (κ1) is 15.0. The first-order valence-corrected chi connectivity index (χ1v) is 10.9. The number of hydrogen-bond acceptors (Lipinski definition) is 2. The van der Waals surface area contributed by atoms with Crippen LogP contribution in [-0.4, -0.2) is 0 Å². The zero-order valence-electron chi connectivity index (χ0n) is 14.3. The molecule has 126 valence electrons. The Morgan fingerprint density at radius 3 is 2.15 bits per heavy atom. The molecule has 26 heavy (non-hydrogen) atoms. The number of benzene rings is 2. The maximum atomic E-state index is 2.39. The molecule has 0 radical (unpaired) electrons. The second-order valence-corrected chi connectivity index (χ2v) is 9.45.